The first kappa shape index (κ1) is 8.49. The summed E-state index contributed by atoms with van der Waals surface area (Å²) in [7, 11) is 0. The largest absolute Gasteiger partial charge is 0.235 e. The van der Waals surface area contributed by atoms with Crippen molar-refractivity contribution in [3.05, 3.63) is 34.9 Å². The van der Waals surface area contributed by atoms with Crippen molar-refractivity contribution in [1.29, 1.82) is 0 Å². The minimum atomic E-state index is 0.152. The smallest absolute Gasteiger partial charge is 0.211 e. The Labute approximate surface area is 81.2 Å². The van der Waals surface area contributed by atoms with Crippen molar-refractivity contribution in [2.45, 2.75) is 18.4 Å². The van der Waals surface area contributed by atoms with Crippen LogP contribution < -0.4 is 0 Å². The van der Waals surface area contributed by atoms with Gasteiger partial charge in [0.15, 0.2) is 0 Å². The van der Waals surface area contributed by atoms with E-state index in [0.717, 1.165) is 11.4 Å². The van der Waals surface area contributed by atoms with Crippen molar-refractivity contribution < 1.29 is 4.79 Å². The highest BCUT2D eigenvalue weighted by Crippen LogP contribution is 2.43. The van der Waals surface area contributed by atoms with Crippen molar-refractivity contribution >= 4 is 17.7 Å². The van der Waals surface area contributed by atoms with Crippen LogP contribution in [0.25, 0.3) is 0 Å². The lowest BCUT2D eigenvalue weighted by Gasteiger charge is -1.96. The lowest BCUT2D eigenvalue weighted by molar-refractivity contribution is 0.562. The van der Waals surface area contributed by atoms with Gasteiger partial charge in [-0.2, -0.15) is 0 Å². The second-order valence-electron chi connectivity index (χ2n) is 3.18. The molecule has 0 saturated heterocycles. The minimum absolute atomic E-state index is 0.152. The molecule has 0 heterocycles. The number of benzene rings is 1. The van der Waals surface area contributed by atoms with E-state index in [0.29, 0.717) is 5.92 Å². The Balaban J connectivity index is 2.12. The van der Waals surface area contributed by atoms with Gasteiger partial charge < -0.3 is 0 Å². The first-order chi connectivity index (χ1) is 6.31. The average molecular weight is 194 g/mol. The summed E-state index contributed by atoms with van der Waals surface area (Å²) < 4.78 is 0. The fraction of sp³-hybridized carbons (Fsp3) is 0.300. The molecule has 0 unspecified atom stereocenters. The first-order valence-electron chi connectivity index (χ1n) is 4.13. The van der Waals surface area contributed by atoms with Gasteiger partial charge in [-0.05, 0) is 24.1 Å². The van der Waals surface area contributed by atoms with Gasteiger partial charge in [-0.1, -0.05) is 23.7 Å². The van der Waals surface area contributed by atoms with Gasteiger partial charge >= 0.3 is 0 Å². The molecule has 0 aromatic heterocycles. The standard InChI is InChI=1S/C10H8ClNO/c11-8-3-1-7(2-4-8)9-5-10(9)12-6-13/h1-4,9-10H,5H2/t9-,10+/m0/s1. The van der Waals surface area contributed by atoms with Crippen molar-refractivity contribution in [2.24, 2.45) is 4.99 Å². The topological polar surface area (TPSA) is 29.4 Å². The number of isocyanates is 1. The molecule has 0 amide bonds. The Morgan fingerprint density at radius 1 is 1.38 bits per heavy atom. The van der Waals surface area contributed by atoms with Crippen LogP contribution in [0.3, 0.4) is 0 Å². The van der Waals surface area contributed by atoms with Crippen LogP contribution in [-0.4, -0.2) is 12.1 Å². The summed E-state index contributed by atoms with van der Waals surface area (Å²) in [4.78, 5) is 13.7. The molecule has 2 rings (SSSR count). The molecule has 0 radical (unpaired) electrons. The van der Waals surface area contributed by atoms with E-state index in [1.54, 1.807) is 6.08 Å². The zero-order valence-electron chi connectivity index (χ0n) is 6.90. The maximum absolute atomic E-state index is 9.97. The summed E-state index contributed by atoms with van der Waals surface area (Å²) >= 11 is 5.75. The Morgan fingerprint density at radius 2 is 2.08 bits per heavy atom. The van der Waals surface area contributed by atoms with E-state index in [1.807, 2.05) is 24.3 Å². The van der Waals surface area contributed by atoms with Crippen molar-refractivity contribution in [1.82, 2.24) is 0 Å². The summed E-state index contributed by atoms with van der Waals surface area (Å²) in [6.07, 6.45) is 2.54. The van der Waals surface area contributed by atoms with Crippen LogP contribution in [0.2, 0.25) is 5.02 Å². The van der Waals surface area contributed by atoms with Crippen LogP contribution in [-0.2, 0) is 4.79 Å². The fourth-order valence-electron chi connectivity index (χ4n) is 1.46. The first-order valence-corrected chi connectivity index (χ1v) is 4.51. The average Bonchev–Trinajstić information content (AvgIpc) is 2.86. The number of halogens is 1. The molecule has 1 aliphatic rings. The van der Waals surface area contributed by atoms with Crippen LogP contribution in [0.4, 0.5) is 0 Å². The molecule has 1 aliphatic carbocycles. The minimum Gasteiger partial charge on any atom is -0.211 e. The molecule has 2 atom stereocenters. The molecule has 0 N–H and O–H groups in total. The van der Waals surface area contributed by atoms with Crippen LogP contribution in [0.5, 0.6) is 0 Å². The van der Waals surface area contributed by atoms with E-state index < -0.39 is 0 Å². The van der Waals surface area contributed by atoms with Crippen LogP contribution in [0.1, 0.15) is 17.9 Å². The SMILES string of the molecule is O=C=N[C@@H]1C[C@H]1c1ccc(Cl)cc1. The Bertz CT molecular complexity index is 354. The van der Waals surface area contributed by atoms with Gasteiger partial charge in [-0.15, -0.1) is 0 Å². The van der Waals surface area contributed by atoms with E-state index >= 15 is 0 Å². The van der Waals surface area contributed by atoms with Gasteiger partial charge in [0, 0.05) is 10.9 Å². The van der Waals surface area contributed by atoms with Crippen molar-refractivity contribution in [3.63, 3.8) is 0 Å². The van der Waals surface area contributed by atoms with E-state index in [-0.39, 0.29) is 6.04 Å². The molecular formula is C10H8ClNO. The lowest BCUT2D eigenvalue weighted by atomic mass is 10.1. The molecule has 0 spiro atoms. The number of hydrogen-bond acceptors (Lipinski definition) is 2. The van der Waals surface area contributed by atoms with Gasteiger partial charge in [-0.3, -0.25) is 0 Å². The summed E-state index contributed by atoms with van der Waals surface area (Å²) in [6.45, 7) is 0. The molecular weight excluding hydrogens is 186 g/mol. The van der Waals surface area contributed by atoms with E-state index in [9.17, 15) is 4.79 Å². The molecule has 3 heteroatoms. The Kier molecular flexibility index (Phi) is 2.17. The third-order valence-corrected chi connectivity index (χ3v) is 2.53. The lowest BCUT2D eigenvalue weighted by Crippen LogP contribution is -1.83. The number of carbonyl (C=O) groups excluding carboxylic acids is 1. The third kappa shape index (κ3) is 1.80. The summed E-state index contributed by atoms with van der Waals surface area (Å²) in [5.74, 6) is 0.402. The van der Waals surface area contributed by atoms with Gasteiger partial charge in [0.1, 0.15) is 0 Å². The summed E-state index contributed by atoms with van der Waals surface area (Å²) in [6, 6.07) is 7.83. The molecule has 2 nitrogen and oxygen atoms in total. The summed E-state index contributed by atoms with van der Waals surface area (Å²) in [5, 5.41) is 0.736. The summed E-state index contributed by atoms with van der Waals surface area (Å²) in [5.41, 5.74) is 1.20. The van der Waals surface area contributed by atoms with Gasteiger partial charge in [-0.25, -0.2) is 9.79 Å². The third-order valence-electron chi connectivity index (χ3n) is 2.27. The highest BCUT2D eigenvalue weighted by atomic mass is 35.5. The van der Waals surface area contributed by atoms with Gasteiger partial charge in [0.25, 0.3) is 0 Å². The van der Waals surface area contributed by atoms with Crippen molar-refractivity contribution in [2.75, 3.05) is 0 Å². The van der Waals surface area contributed by atoms with Gasteiger partial charge in [0.05, 0.1) is 6.04 Å². The monoisotopic (exact) mass is 193 g/mol. The van der Waals surface area contributed by atoms with Crippen molar-refractivity contribution in [3.8, 4) is 0 Å². The molecule has 13 heavy (non-hydrogen) atoms. The zero-order chi connectivity index (χ0) is 9.26. The van der Waals surface area contributed by atoms with Gasteiger partial charge in [0.2, 0.25) is 6.08 Å². The van der Waals surface area contributed by atoms with Crippen LogP contribution in [0, 0.1) is 0 Å². The predicted molar refractivity (Wildman–Crippen MR) is 50.7 cm³/mol. The van der Waals surface area contributed by atoms with Crippen LogP contribution >= 0.6 is 11.6 Å². The van der Waals surface area contributed by atoms with Crippen LogP contribution in [0.15, 0.2) is 29.3 Å². The second kappa shape index (κ2) is 3.33. The highest BCUT2D eigenvalue weighted by Gasteiger charge is 2.38. The molecule has 0 bridgehead atoms. The van der Waals surface area contributed by atoms with E-state index in [1.165, 1.54) is 5.56 Å². The molecule has 1 fully saturated rings. The second-order valence-corrected chi connectivity index (χ2v) is 3.62. The van der Waals surface area contributed by atoms with E-state index in [2.05, 4.69) is 4.99 Å². The highest BCUT2D eigenvalue weighted by molar-refractivity contribution is 6.30. The normalized spacial score (nSPS) is 25.0. The Morgan fingerprint density at radius 3 is 2.69 bits per heavy atom. The Hall–Kier alpha value is -1.11. The maximum atomic E-state index is 9.97. The molecule has 0 aliphatic heterocycles. The predicted octanol–water partition coefficient (Wildman–Crippen LogP) is 2.53. The molecule has 1 aromatic carbocycles. The molecule has 1 aromatic rings. The number of hydrogen-bond donors (Lipinski definition) is 0. The fourth-order valence-corrected chi connectivity index (χ4v) is 1.59. The number of nitrogens with zero attached hydrogens (tertiary/aromatic N) is 1. The molecule has 1 saturated carbocycles. The maximum Gasteiger partial charge on any atom is 0.235 e. The van der Waals surface area contributed by atoms with E-state index in [4.69, 9.17) is 11.6 Å². The number of rotatable bonds is 2. The number of aliphatic imine (C=N–C) groups is 1. The quantitative estimate of drug-likeness (QED) is 0.524. The zero-order valence-corrected chi connectivity index (χ0v) is 7.66. The molecule has 66 valence electrons.